The maximum absolute atomic E-state index is 5.43. The first-order chi connectivity index (χ1) is 6.20. The van der Waals surface area contributed by atoms with Crippen LogP contribution >= 0.6 is 0 Å². The fourth-order valence-corrected chi connectivity index (χ4v) is 1.28. The molecule has 0 aromatic heterocycles. The molecule has 0 N–H and O–H groups in total. The molecule has 1 heterocycles. The second kappa shape index (κ2) is 4.94. The van der Waals surface area contributed by atoms with Crippen LogP contribution in [0.4, 0.5) is 0 Å². The highest BCUT2D eigenvalue weighted by atomic mass is 16.7. The molecule has 13 heavy (non-hydrogen) atoms. The molecule has 0 spiro atoms. The van der Waals surface area contributed by atoms with Crippen LogP contribution in [0.25, 0.3) is 0 Å². The number of hydrogen-bond acceptors (Lipinski definition) is 3. The highest BCUT2D eigenvalue weighted by molar-refractivity contribution is 4.86. The smallest absolute Gasteiger partial charge is 0.157 e. The first kappa shape index (κ1) is 11.0. The van der Waals surface area contributed by atoms with Gasteiger partial charge in [0.25, 0.3) is 0 Å². The van der Waals surface area contributed by atoms with Crippen molar-refractivity contribution in [3.63, 3.8) is 0 Å². The number of rotatable bonds is 7. The summed E-state index contributed by atoms with van der Waals surface area (Å²) in [6.07, 6.45) is 1.91. The van der Waals surface area contributed by atoms with Gasteiger partial charge in [0, 0.05) is 19.6 Å². The van der Waals surface area contributed by atoms with E-state index in [9.17, 15) is 0 Å². The standard InChI is InChI=1S/C10H20O3/c1-4-11-9(12-5-2)6-7-10(3)8-13-10/h9H,4-8H2,1-3H3. The molecule has 1 aliphatic rings. The molecule has 1 unspecified atom stereocenters. The van der Waals surface area contributed by atoms with Crippen molar-refractivity contribution in [1.29, 1.82) is 0 Å². The van der Waals surface area contributed by atoms with Gasteiger partial charge in [-0.15, -0.1) is 0 Å². The molecular weight excluding hydrogens is 168 g/mol. The third-order valence-electron chi connectivity index (χ3n) is 2.25. The van der Waals surface area contributed by atoms with Crippen molar-refractivity contribution in [2.24, 2.45) is 0 Å². The van der Waals surface area contributed by atoms with Gasteiger partial charge in [0.05, 0.1) is 12.2 Å². The highest BCUT2D eigenvalue weighted by Gasteiger charge is 2.39. The SMILES string of the molecule is CCOC(CCC1(C)CO1)OCC. The van der Waals surface area contributed by atoms with Gasteiger partial charge >= 0.3 is 0 Å². The molecule has 0 bridgehead atoms. The van der Waals surface area contributed by atoms with Crippen molar-refractivity contribution in [2.45, 2.75) is 45.5 Å². The van der Waals surface area contributed by atoms with E-state index in [1.165, 1.54) is 0 Å². The number of hydrogen-bond donors (Lipinski definition) is 0. The van der Waals surface area contributed by atoms with E-state index in [0.29, 0.717) is 13.2 Å². The summed E-state index contributed by atoms with van der Waals surface area (Å²) in [5, 5.41) is 0. The van der Waals surface area contributed by atoms with Crippen molar-refractivity contribution >= 4 is 0 Å². The zero-order valence-electron chi connectivity index (χ0n) is 8.84. The van der Waals surface area contributed by atoms with Gasteiger partial charge in [-0.3, -0.25) is 0 Å². The Balaban J connectivity index is 2.13. The van der Waals surface area contributed by atoms with Gasteiger partial charge in [0.2, 0.25) is 0 Å². The van der Waals surface area contributed by atoms with E-state index in [0.717, 1.165) is 19.4 Å². The second-order valence-electron chi connectivity index (χ2n) is 3.62. The van der Waals surface area contributed by atoms with Gasteiger partial charge in [-0.2, -0.15) is 0 Å². The maximum Gasteiger partial charge on any atom is 0.157 e. The van der Waals surface area contributed by atoms with Crippen LogP contribution in [-0.4, -0.2) is 31.7 Å². The van der Waals surface area contributed by atoms with Crippen LogP contribution in [0, 0.1) is 0 Å². The third-order valence-corrected chi connectivity index (χ3v) is 2.25. The number of epoxide rings is 1. The van der Waals surface area contributed by atoms with E-state index in [4.69, 9.17) is 14.2 Å². The molecule has 1 saturated heterocycles. The van der Waals surface area contributed by atoms with Crippen LogP contribution in [0.1, 0.15) is 33.6 Å². The molecule has 3 heteroatoms. The lowest BCUT2D eigenvalue weighted by atomic mass is 10.1. The van der Waals surface area contributed by atoms with E-state index in [1.54, 1.807) is 0 Å². The molecule has 0 saturated carbocycles. The van der Waals surface area contributed by atoms with E-state index in [-0.39, 0.29) is 11.9 Å². The molecule has 0 radical (unpaired) electrons. The fourth-order valence-electron chi connectivity index (χ4n) is 1.28. The highest BCUT2D eigenvalue weighted by Crippen LogP contribution is 2.32. The minimum Gasteiger partial charge on any atom is -0.370 e. The molecule has 0 amide bonds. The Bertz CT molecular complexity index is 137. The van der Waals surface area contributed by atoms with Crippen molar-refractivity contribution in [3.05, 3.63) is 0 Å². The lowest BCUT2D eigenvalue weighted by Crippen LogP contribution is -2.20. The van der Waals surface area contributed by atoms with E-state index in [1.807, 2.05) is 13.8 Å². The molecule has 1 fully saturated rings. The Morgan fingerprint density at radius 3 is 2.23 bits per heavy atom. The summed E-state index contributed by atoms with van der Waals surface area (Å²) in [5.41, 5.74) is 0.118. The Labute approximate surface area is 80.4 Å². The van der Waals surface area contributed by atoms with Gasteiger partial charge < -0.3 is 14.2 Å². The summed E-state index contributed by atoms with van der Waals surface area (Å²) in [5.74, 6) is 0. The molecule has 1 atom stereocenters. The predicted molar refractivity (Wildman–Crippen MR) is 50.6 cm³/mol. The van der Waals surface area contributed by atoms with Crippen LogP contribution in [0.5, 0.6) is 0 Å². The van der Waals surface area contributed by atoms with Gasteiger partial charge in [0.15, 0.2) is 6.29 Å². The van der Waals surface area contributed by atoms with Crippen LogP contribution in [0.2, 0.25) is 0 Å². The summed E-state index contributed by atoms with van der Waals surface area (Å²) >= 11 is 0. The monoisotopic (exact) mass is 188 g/mol. The molecular formula is C10H20O3. The van der Waals surface area contributed by atoms with Gasteiger partial charge in [-0.05, 0) is 27.2 Å². The van der Waals surface area contributed by atoms with Crippen LogP contribution in [0.15, 0.2) is 0 Å². The minimum atomic E-state index is -0.0453. The van der Waals surface area contributed by atoms with Crippen LogP contribution in [0.3, 0.4) is 0 Å². The topological polar surface area (TPSA) is 31.0 Å². The van der Waals surface area contributed by atoms with E-state index in [2.05, 4.69) is 6.92 Å². The first-order valence-corrected chi connectivity index (χ1v) is 5.07. The Morgan fingerprint density at radius 2 is 1.85 bits per heavy atom. The van der Waals surface area contributed by atoms with E-state index < -0.39 is 0 Å². The van der Waals surface area contributed by atoms with E-state index >= 15 is 0 Å². The van der Waals surface area contributed by atoms with Gasteiger partial charge in [-0.1, -0.05) is 0 Å². The van der Waals surface area contributed by atoms with Crippen LogP contribution < -0.4 is 0 Å². The second-order valence-corrected chi connectivity index (χ2v) is 3.62. The summed E-state index contributed by atoms with van der Waals surface area (Å²) in [6.45, 7) is 8.41. The minimum absolute atomic E-state index is 0.0453. The molecule has 3 nitrogen and oxygen atoms in total. The fraction of sp³-hybridized carbons (Fsp3) is 1.00. The lowest BCUT2D eigenvalue weighted by molar-refractivity contribution is -0.141. The lowest BCUT2D eigenvalue weighted by Gasteiger charge is -2.17. The molecule has 78 valence electrons. The number of ether oxygens (including phenoxy) is 3. The Morgan fingerprint density at radius 1 is 1.31 bits per heavy atom. The maximum atomic E-state index is 5.43. The summed E-state index contributed by atoms with van der Waals surface area (Å²) in [7, 11) is 0. The molecule has 0 aromatic rings. The quantitative estimate of drug-likeness (QED) is 0.452. The molecule has 1 aliphatic heterocycles. The molecule has 1 rings (SSSR count). The predicted octanol–water partition coefficient (Wildman–Crippen LogP) is 1.95. The van der Waals surface area contributed by atoms with Gasteiger partial charge in [0.1, 0.15) is 0 Å². The van der Waals surface area contributed by atoms with Crippen LogP contribution in [-0.2, 0) is 14.2 Å². The Hall–Kier alpha value is -0.120. The average Bonchev–Trinajstić information content (AvgIpc) is 2.82. The van der Waals surface area contributed by atoms with Crippen molar-refractivity contribution in [1.82, 2.24) is 0 Å². The summed E-state index contributed by atoms with van der Waals surface area (Å²) in [4.78, 5) is 0. The van der Waals surface area contributed by atoms with Crippen molar-refractivity contribution in [3.8, 4) is 0 Å². The molecule has 0 aromatic carbocycles. The Kier molecular flexibility index (Phi) is 4.16. The zero-order valence-corrected chi connectivity index (χ0v) is 8.84. The first-order valence-electron chi connectivity index (χ1n) is 5.07. The zero-order chi connectivity index (χ0) is 9.73. The van der Waals surface area contributed by atoms with Gasteiger partial charge in [-0.25, -0.2) is 0 Å². The molecule has 0 aliphatic carbocycles. The average molecular weight is 188 g/mol. The van der Waals surface area contributed by atoms with Crippen molar-refractivity contribution in [2.75, 3.05) is 19.8 Å². The largest absolute Gasteiger partial charge is 0.370 e. The normalized spacial score (nSPS) is 26.8. The van der Waals surface area contributed by atoms with Crippen molar-refractivity contribution < 1.29 is 14.2 Å². The summed E-state index contributed by atoms with van der Waals surface area (Å²) in [6, 6.07) is 0. The third kappa shape index (κ3) is 4.07. The summed E-state index contributed by atoms with van der Waals surface area (Å²) < 4.78 is 16.1.